The Balaban J connectivity index is 2.06. The maximum Gasteiger partial charge on any atom is 0.307 e. The second-order valence-electron chi connectivity index (χ2n) is 4.85. The van der Waals surface area contributed by atoms with Gasteiger partial charge in [0, 0.05) is 18.1 Å². The summed E-state index contributed by atoms with van der Waals surface area (Å²) >= 11 is 0. The summed E-state index contributed by atoms with van der Waals surface area (Å²) in [6.45, 7) is 1.98. The molecule has 0 radical (unpaired) electrons. The first-order valence-corrected chi connectivity index (χ1v) is 6.01. The van der Waals surface area contributed by atoms with Crippen molar-refractivity contribution in [2.75, 3.05) is 5.32 Å². The van der Waals surface area contributed by atoms with E-state index in [1.807, 2.05) is 6.92 Å². The van der Waals surface area contributed by atoms with Crippen molar-refractivity contribution in [2.45, 2.75) is 19.8 Å². The number of nitrogens with zero attached hydrogens (tertiary/aromatic N) is 1. The quantitative estimate of drug-likeness (QED) is 0.854. The van der Waals surface area contributed by atoms with Crippen molar-refractivity contribution in [2.24, 2.45) is 17.8 Å². The Morgan fingerprint density at radius 3 is 2.50 bits per heavy atom. The third-order valence-corrected chi connectivity index (χ3v) is 3.40. The Morgan fingerprint density at radius 1 is 1.28 bits per heavy atom. The number of carboxylic acids is 1. The Kier molecular flexibility index (Phi) is 3.60. The lowest BCUT2D eigenvalue weighted by Gasteiger charge is -2.15. The highest BCUT2D eigenvalue weighted by molar-refractivity contribution is 5.95. The number of carbonyl (C=O) groups excluding carboxylic acids is 1. The van der Waals surface area contributed by atoms with Crippen molar-refractivity contribution >= 4 is 17.6 Å². The molecule has 3 atom stereocenters. The lowest BCUT2D eigenvalue weighted by Crippen LogP contribution is -2.29. The zero-order valence-corrected chi connectivity index (χ0v) is 10.2. The second kappa shape index (κ2) is 5.16. The zero-order chi connectivity index (χ0) is 13.1. The summed E-state index contributed by atoms with van der Waals surface area (Å²) in [7, 11) is 0. The molecule has 0 aliphatic heterocycles. The molecular formula is C13H16N2O3. The van der Waals surface area contributed by atoms with Crippen LogP contribution in [0.5, 0.6) is 0 Å². The van der Waals surface area contributed by atoms with E-state index in [9.17, 15) is 9.59 Å². The monoisotopic (exact) mass is 248 g/mol. The topological polar surface area (TPSA) is 79.3 Å². The first-order chi connectivity index (χ1) is 8.58. The van der Waals surface area contributed by atoms with Crippen molar-refractivity contribution in [3.05, 3.63) is 24.5 Å². The van der Waals surface area contributed by atoms with E-state index < -0.39 is 17.8 Å². The molecule has 1 aromatic heterocycles. The van der Waals surface area contributed by atoms with Gasteiger partial charge in [0.05, 0.1) is 11.8 Å². The van der Waals surface area contributed by atoms with Crippen LogP contribution in [0.2, 0.25) is 0 Å². The largest absolute Gasteiger partial charge is 0.481 e. The van der Waals surface area contributed by atoms with Crippen LogP contribution in [0.4, 0.5) is 5.69 Å². The minimum atomic E-state index is -0.880. The summed E-state index contributed by atoms with van der Waals surface area (Å²) in [5.41, 5.74) is 0.652. The van der Waals surface area contributed by atoms with Gasteiger partial charge in [0.25, 0.3) is 0 Å². The molecule has 1 aliphatic carbocycles. The predicted molar refractivity (Wildman–Crippen MR) is 65.9 cm³/mol. The molecule has 2 N–H and O–H groups in total. The van der Waals surface area contributed by atoms with E-state index in [0.29, 0.717) is 18.5 Å². The average molecular weight is 248 g/mol. The van der Waals surface area contributed by atoms with Crippen LogP contribution in [0.3, 0.4) is 0 Å². The van der Waals surface area contributed by atoms with Crippen LogP contribution >= 0.6 is 0 Å². The van der Waals surface area contributed by atoms with Gasteiger partial charge in [-0.3, -0.25) is 14.6 Å². The SMILES string of the molecule is CC1CC(C(=O)O)C(C(=O)Nc2ccncc2)C1. The average Bonchev–Trinajstić information content (AvgIpc) is 2.73. The Hall–Kier alpha value is -1.91. The fourth-order valence-corrected chi connectivity index (χ4v) is 2.52. The van der Waals surface area contributed by atoms with Gasteiger partial charge in [0.1, 0.15) is 0 Å². The van der Waals surface area contributed by atoms with Crippen LogP contribution in [-0.4, -0.2) is 22.0 Å². The second-order valence-corrected chi connectivity index (χ2v) is 4.85. The summed E-state index contributed by atoms with van der Waals surface area (Å²) in [4.78, 5) is 27.1. The molecule has 96 valence electrons. The van der Waals surface area contributed by atoms with Gasteiger partial charge < -0.3 is 10.4 Å². The first kappa shape index (κ1) is 12.5. The Labute approximate surface area is 105 Å². The van der Waals surface area contributed by atoms with Gasteiger partial charge in [0.2, 0.25) is 5.91 Å². The van der Waals surface area contributed by atoms with Crippen molar-refractivity contribution in [1.29, 1.82) is 0 Å². The first-order valence-electron chi connectivity index (χ1n) is 6.01. The number of hydrogen-bond donors (Lipinski definition) is 2. The number of hydrogen-bond acceptors (Lipinski definition) is 3. The van der Waals surface area contributed by atoms with Gasteiger partial charge in [-0.2, -0.15) is 0 Å². The number of rotatable bonds is 3. The number of carboxylic acid groups (broad SMARTS) is 1. The molecule has 1 saturated carbocycles. The molecule has 0 bridgehead atoms. The summed E-state index contributed by atoms with van der Waals surface area (Å²) in [6, 6.07) is 3.37. The molecule has 5 heteroatoms. The van der Waals surface area contributed by atoms with Gasteiger partial charge in [-0.25, -0.2) is 0 Å². The third kappa shape index (κ3) is 2.67. The van der Waals surface area contributed by atoms with Gasteiger partial charge in [-0.1, -0.05) is 6.92 Å². The Bertz CT molecular complexity index is 447. The lowest BCUT2D eigenvalue weighted by atomic mass is 9.95. The molecule has 1 fully saturated rings. The molecule has 18 heavy (non-hydrogen) atoms. The number of carbonyl (C=O) groups is 2. The van der Waals surface area contributed by atoms with Crippen LogP contribution in [0, 0.1) is 17.8 Å². The summed E-state index contributed by atoms with van der Waals surface area (Å²) in [5, 5.41) is 11.9. The van der Waals surface area contributed by atoms with Crippen LogP contribution in [0.25, 0.3) is 0 Å². The molecule has 0 spiro atoms. The van der Waals surface area contributed by atoms with Gasteiger partial charge in [-0.05, 0) is 30.9 Å². The molecule has 0 aromatic carbocycles. The molecular weight excluding hydrogens is 232 g/mol. The minimum Gasteiger partial charge on any atom is -0.481 e. The van der Waals surface area contributed by atoms with Crippen LogP contribution in [0.15, 0.2) is 24.5 Å². The van der Waals surface area contributed by atoms with Gasteiger partial charge in [-0.15, -0.1) is 0 Å². The molecule has 0 saturated heterocycles. The van der Waals surface area contributed by atoms with E-state index in [4.69, 9.17) is 5.11 Å². The number of nitrogens with one attached hydrogen (secondary N) is 1. The number of anilines is 1. The maximum atomic E-state index is 12.1. The molecule has 1 aliphatic rings. The predicted octanol–water partition coefficient (Wildman–Crippen LogP) is 1.77. The highest BCUT2D eigenvalue weighted by Crippen LogP contribution is 2.37. The molecule has 5 nitrogen and oxygen atoms in total. The number of aliphatic carboxylic acids is 1. The highest BCUT2D eigenvalue weighted by atomic mass is 16.4. The molecule has 1 heterocycles. The fourth-order valence-electron chi connectivity index (χ4n) is 2.52. The van der Waals surface area contributed by atoms with Crippen molar-refractivity contribution < 1.29 is 14.7 Å². The van der Waals surface area contributed by atoms with Crippen LogP contribution in [0.1, 0.15) is 19.8 Å². The number of pyridine rings is 1. The molecule has 2 rings (SSSR count). The van der Waals surface area contributed by atoms with E-state index in [2.05, 4.69) is 10.3 Å². The third-order valence-electron chi connectivity index (χ3n) is 3.40. The van der Waals surface area contributed by atoms with E-state index >= 15 is 0 Å². The van der Waals surface area contributed by atoms with Crippen molar-refractivity contribution in [3.8, 4) is 0 Å². The summed E-state index contributed by atoms with van der Waals surface area (Å²) in [5.74, 6) is -1.82. The maximum absolute atomic E-state index is 12.1. The number of aromatic nitrogens is 1. The minimum absolute atomic E-state index is 0.210. The molecule has 3 unspecified atom stereocenters. The van der Waals surface area contributed by atoms with Crippen LogP contribution in [-0.2, 0) is 9.59 Å². The van der Waals surface area contributed by atoms with E-state index in [1.54, 1.807) is 24.5 Å². The zero-order valence-electron chi connectivity index (χ0n) is 10.2. The highest BCUT2D eigenvalue weighted by Gasteiger charge is 2.41. The normalized spacial score (nSPS) is 26.8. The van der Waals surface area contributed by atoms with Crippen molar-refractivity contribution in [3.63, 3.8) is 0 Å². The van der Waals surface area contributed by atoms with Crippen LogP contribution < -0.4 is 5.32 Å². The number of amides is 1. The Morgan fingerprint density at radius 2 is 1.89 bits per heavy atom. The van der Waals surface area contributed by atoms with E-state index in [-0.39, 0.29) is 11.8 Å². The van der Waals surface area contributed by atoms with Crippen molar-refractivity contribution in [1.82, 2.24) is 4.98 Å². The smallest absolute Gasteiger partial charge is 0.307 e. The standard InChI is InChI=1S/C13H16N2O3/c1-8-6-10(11(7-8)13(17)18)12(16)15-9-2-4-14-5-3-9/h2-5,8,10-11H,6-7H2,1H3,(H,17,18)(H,14,15,16). The summed E-state index contributed by atoms with van der Waals surface area (Å²) < 4.78 is 0. The van der Waals surface area contributed by atoms with E-state index in [0.717, 1.165) is 0 Å². The fraction of sp³-hybridized carbons (Fsp3) is 0.462. The molecule has 1 amide bonds. The molecule has 1 aromatic rings. The summed E-state index contributed by atoms with van der Waals surface area (Å²) in [6.07, 6.45) is 4.38. The lowest BCUT2D eigenvalue weighted by molar-refractivity contribution is -0.145. The van der Waals surface area contributed by atoms with E-state index in [1.165, 1.54) is 0 Å². The van der Waals surface area contributed by atoms with Gasteiger partial charge >= 0.3 is 5.97 Å². The van der Waals surface area contributed by atoms with Gasteiger partial charge in [0.15, 0.2) is 0 Å².